The number of aromatic nitrogens is 3. The number of methoxy groups -OCH3 is 1. The maximum absolute atomic E-state index is 6.09. The molecule has 0 saturated carbocycles. The molecule has 0 spiro atoms. The van der Waals surface area contributed by atoms with Gasteiger partial charge < -0.3 is 10.5 Å². The lowest BCUT2D eigenvalue weighted by molar-refractivity contribution is 0.416. The molecule has 0 aliphatic carbocycles. The van der Waals surface area contributed by atoms with Gasteiger partial charge in [0.05, 0.1) is 23.4 Å². The first kappa shape index (κ1) is 15.6. The molecule has 3 rings (SSSR count). The van der Waals surface area contributed by atoms with Crippen LogP contribution in [0.2, 0.25) is 10.0 Å². The average Bonchev–Trinajstić information content (AvgIpc) is 2.98. The Kier molecular flexibility index (Phi) is 4.41. The van der Waals surface area contributed by atoms with Crippen LogP contribution in [0.1, 0.15) is 11.4 Å². The van der Waals surface area contributed by atoms with Gasteiger partial charge in [-0.25, -0.2) is 4.98 Å². The lowest BCUT2D eigenvalue weighted by Gasteiger charge is -2.07. The van der Waals surface area contributed by atoms with Gasteiger partial charge in [-0.3, -0.25) is 5.10 Å². The summed E-state index contributed by atoms with van der Waals surface area (Å²) in [5.41, 5.74) is 7.96. The molecule has 0 bridgehead atoms. The van der Waals surface area contributed by atoms with E-state index in [0.29, 0.717) is 39.3 Å². The molecule has 0 atom stereocenters. The normalized spacial score (nSPS) is 10.7. The van der Waals surface area contributed by atoms with Crippen molar-refractivity contribution >= 4 is 28.9 Å². The molecule has 1 heterocycles. The molecule has 23 heavy (non-hydrogen) atoms. The van der Waals surface area contributed by atoms with Crippen molar-refractivity contribution in [1.29, 1.82) is 0 Å². The van der Waals surface area contributed by atoms with Gasteiger partial charge >= 0.3 is 0 Å². The Bertz CT molecular complexity index is 848. The van der Waals surface area contributed by atoms with E-state index in [9.17, 15) is 0 Å². The first-order valence-corrected chi connectivity index (χ1v) is 7.61. The quantitative estimate of drug-likeness (QED) is 0.699. The topological polar surface area (TPSA) is 76.8 Å². The zero-order valence-electron chi connectivity index (χ0n) is 12.3. The Labute approximate surface area is 143 Å². The van der Waals surface area contributed by atoms with E-state index in [4.69, 9.17) is 33.7 Å². The molecule has 0 aliphatic rings. The highest BCUT2D eigenvalue weighted by Crippen LogP contribution is 2.34. The molecule has 7 heteroatoms. The van der Waals surface area contributed by atoms with E-state index in [1.54, 1.807) is 19.2 Å². The summed E-state index contributed by atoms with van der Waals surface area (Å²) in [4.78, 5) is 4.50. The van der Waals surface area contributed by atoms with Crippen LogP contribution in [0.15, 0.2) is 36.4 Å². The Morgan fingerprint density at radius 2 is 2.04 bits per heavy atom. The number of aromatic amines is 1. The van der Waals surface area contributed by atoms with Gasteiger partial charge in [0.15, 0.2) is 5.82 Å². The highest BCUT2D eigenvalue weighted by molar-refractivity contribution is 6.33. The zero-order chi connectivity index (χ0) is 16.4. The molecule has 0 radical (unpaired) electrons. The lowest BCUT2D eigenvalue weighted by Crippen LogP contribution is -1.94. The second-order valence-electron chi connectivity index (χ2n) is 4.99. The third-order valence-corrected chi connectivity index (χ3v) is 3.91. The van der Waals surface area contributed by atoms with Crippen LogP contribution < -0.4 is 10.5 Å². The minimum absolute atomic E-state index is 0.432. The van der Waals surface area contributed by atoms with E-state index >= 15 is 0 Å². The molecular formula is C16H14Cl2N4O. The Hall–Kier alpha value is -2.24. The number of ether oxygens (including phenoxy) is 1. The van der Waals surface area contributed by atoms with Crippen molar-refractivity contribution in [2.24, 2.45) is 0 Å². The lowest BCUT2D eigenvalue weighted by atomic mass is 10.1. The predicted octanol–water partition coefficient (Wildman–Crippen LogP) is 3.96. The van der Waals surface area contributed by atoms with Crippen molar-refractivity contribution in [2.45, 2.75) is 6.42 Å². The molecule has 0 fully saturated rings. The van der Waals surface area contributed by atoms with Crippen molar-refractivity contribution in [2.75, 3.05) is 12.8 Å². The summed E-state index contributed by atoms with van der Waals surface area (Å²) in [6.07, 6.45) is 0.596. The number of nitrogens with zero attached hydrogens (tertiary/aromatic N) is 2. The number of benzene rings is 2. The molecular weight excluding hydrogens is 335 g/mol. The number of nitrogen functional groups attached to an aromatic ring is 1. The standard InChI is InChI=1S/C16H14Cl2N4O/c1-23-14-8-13(19)12(18)7-11(14)16-20-15(21-22-16)6-9-3-2-4-10(17)5-9/h2-5,7-8H,6,19H2,1H3,(H,20,21,22). The van der Waals surface area contributed by atoms with Gasteiger partial charge in [0.2, 0.25) is 0 Å². The van der Waals surface area contributed by atoms with E-state index < -0.39 is 0 Å². The second kappa shape index (κ2) is 6.48. The first-order chi connectivity index (χ1) is 11.1. The smallest absolute Gasteiger partial charge is 0.184 e. The van der Waals surface area contributed by atoms with Gasteiger partial charge in [0.25, 0.3) is 0 Å². The van der Waals surface area contributed by atoms with Gasteiger partial charge in [-0.05, 0) is 23.8 Å². The van der Waals surface area contributed by atoms with Gasteiger partial charge in [0, 0.05) is 17.5 Å². The highest BCUT2D eigenvalue weighted by atomic mass is 35.5. The molecule has 0 unspecified atom stereocenters. The molecule has 0 aliphatic heterocycles. The maximum Gasteiger partial charge on any atom is 0.184 e. The van der Waals surface area contributed by atoms with Gasteiger partial charge in [-0.2, -0.15) is 5.10 Å². The second-order valence-corrected chi connectivity index (χ2v) is 5.83. The number of nitrogens with one attached hydrogen (secondary N) is 1. The van der Waals surface area contributed by atoms with Crippen molar-refractivity contribution in [3.63, 3.8) is 0 Å². The van der Waals surface area contributed by atoms with E-state index in [1.165, 1.54) is 0 Å². The fourth-order valence-electron chi connectivity index (χ4n) is 2.25. The summed E-state index contributed by atoms with van der Waals surface area (Å²) in [6, 6.07) is 11.0. The summed E-state index contributed by atoms with van der Waals surface area (Å²) in [5.74, 6) is 1.79. The minimum Gasteiger partial charge on any atom is -0.496 e. The number of halogens is 2. The van der Waals surface area contributed by atoms with Gasteiger partial charge in [-0.1, -0.05) is 35.3 Å². The van der Waals surface area contributed by atoms with Crippen LogP contribution in [0.3, 0.4) is 0 Å². The largest absolute Gasteiger partial charge is 0.496 e. The van der Waals surface area contributed by atoms with Gasteiger partial charge in [0.1, 0.15) is 11.6 Å². The summed E-state index contributed by atoms with van der Waals surface area (Å²) < 4.78 is 5.33. The van der Waals surface area contributed by atoms with Crippen molar-refractivity contribution in [3.05, 3.63) is 57.8 Å². The molecule has 1 aromatic heterocycles. The number of hydrogen-bond acceptors (Lipinski definition) is 4. The van der Waals surface area contributed by atoms with Crippen LogP contribution in [0.5, 0.6) is 5.75 Å². The van der Waals surface area contributed by atoms with Crippen LogP contribution in [-0.2, 0) is 6.42 Å². The summed E-state index contributed by atoms with van der Waals surface area (Å²) in [5, 5.41) is 8.28. The van der Waals surface area contributed by atoms with Crippen LogP contribution in [0.4, 0.5) is 5.69 Å². The molecule has 2 aromatic carbocycles. The van der Waals surface area contributed by atoms with E-state index in [2.05, 4.69) is 15.2 Å². The monoisotopic (exact) mass is 348 g/mol. The molecule has 5 nitrogen and oxygen atoms in total. The zero-order valence-corrected chi connectivity index (χ0v) is 13.8. The van der Waals surface area contributed by atoms with Crippen LogP contribution in [0.25, 0.3) is 11.4 Å². The Morgan fingerprint density at radius 1 is 1.22 bits per heavy atom. The third-order valence-electron chi connectivity index (χ3n) is 3.35. The maximum atomic E-state index is 6.09. The number of hydrogen-bond donors (Lipinski definition) is 2. The summed E-state index contributed by atoms with van der Waals surface area (Å²) in [6.45, 7) is 0. The molecule has 3 aromatic rings. The fourth-order valence-corrected chi connectivity index (χ4v) is 2.62. The van der Waals surface area contributed by atoms with E-state index in [-0.39, 0.29) is 0 Å². The van der Waals surface area contributed by atoms with Crippen molar-refractivity contribution in [1.82, 2.24) is 15.2 Å². The number of anilines is 1. The SMILES string of the molecule is COc1cc(N)c(Cl)cc1-c1n[nH]c(Cc2cccc(Cl)c2)n1. The molecule has 0 amide bonds. The molecule has 0 saturated heterocycles. The summed E-state index contributed by atoms with van der Waals surface area (Å²) in [7, 11) is 1.56. The summed E-state index contributed by atoms with van der Waals surface area (Å²) >= 11 is 12.1. The van der Waals surface area contributed by atoms with Crippen molar-refractivity contribution < 1.29 is 4.74 Å². The Balaban J connectivity index is 1.92. The van der Waals surface area contributed by atoms with E-state index in [1.807, 2.05) is 24.3 Å². The van der Waals surface area contributed by atoms with Crippen LogP contribution in [-0.4, -0.2) is 22.3 Å². The average molecular weight is 349 g/mol. The minimum atomic E-state index is 0.432. The van der Waals surface area contributed by atoms with Crippen molar-refractivity contribution in [3.8, 4) is 17.1 Å². The first-order valence-electron chi connectivity index (χ1n) is 6.86. The fraction of sp³-hybridized carbons (Fsp3) is 0.125. The Morgan fingerprint density at radius 3 is 2.78 bits per heavy atom. The number of nitrogens with two attached hydrogens (primary N) is 1. The van der Waals surface area contributed by atoms with E-state index in [0.717, 1.165) is 11.4 Å². The van der Waals surface area contributed by atoms with Gasteiger partial charge in [-0.15, -0.1) is 0 Å². The number of H-pyrrole nitrogens is 1. The molecule has 3 N–H and O–H groups in total. The van der Waals surface area contributed by atoms with Crippen LogP contribution >= 0.6 is 23.2 Å². The third kappa shape index (κ3) is 3.41. The molecule has 118 valence electrons. The predicted molar refractivity (Wildman–Crippen MR) is 92.1 cm³/mol. The highest BCUT2D eigenvalue weighted by Gasteiger charge is 2.14. The number of rotatable bonds is 4. The van der Waals surface area contributed by atoms with Crippen LogP contribution in [0, 0.1) is 0 Å².